The van der Waals surface area contributed by atoms with Gasteiger partial charge < -0.3 is 9.47 Å². The van der Waals surface area contributed by atoms with Crippen LogP contribution in [0.2, 0.25) is 0 Å². The predicted molar refractivity (Wildman–Crippen MR) is 126 cm³/mol. The van der Waals surface area contributed by atoms with Gasteiger partial charge in [0.15, 0.2) is 4.34 Å². The van der Waals surface area contributed by atoms with Crippen LogP contribution in [0, 0.1) is 0 Å². The summed E-state index contributed by atoms with van der Waals surface area (Å²) in [5, 5.41) is 11.2. The van der Waals surface area contributed by atoms with Gasteiger partial charge in [0.2, 0.25) is 15.2 Å². The zero-order valence-corrected chi connectivity index (χ0v) is 20.2. The molecule has 0 atom stereocenters. The molecule has 2 aromatic carbocycles. The maximum atomic E-state index is 13.0. The summed E-state index contributed by atoms with van der Waals surface area (Å²) in [5.41, 5.74) is 1.26. The second kappa shape index (κ2) is 10.6. The van der Waals surface area contributed by atoms with E-state index < -0.39 is 15.9 Å². The molecule has 1 amide bonds. The summed E-state index contributed by atoms with van der Waals surface area (Å²) in [5.74, 6) is 0.469. The number of nitrogens with zero attached hydrogens (tertiary/aromatic N) is 3. The number of ether oxygens (including phenoxy) is 2. The van der Waals surface area contributed by atoms with Crippen molar-refractivity contribution in [3.63, 3.8) is 0 Å². The van der Waals surface area contributed by atoms with Crippen LogP contribution in [-0.2, 0) is 20.5 Å². The number of sulfonamides is 1. The molecular weight excluding hydrogens is 484 g/mol. The van der Waals surface area contributed by atoms with E-state index in [1.165, 1.54) is 52.7 Å². The molecule has 1 aliphatic rings. The average molecular weight is 507 g/mol. The number of amides is 1. The van der Waals surface area contributed by atoms with Gasteiger partial charge in [0.1, 0.15) is 5.75 Å². The van der Waals surface area contributed by atoms with Gasteiger partial charge in [-0.3, -0.25) is 10.1 Å². The second-order valence-electron chi connectivity index (χ2n) is 6.98. The number of hydrogen-bond acceptors (Lipinski definition) is 9. The summed E-state index contributed by atoms with van der Waals surface area (Å²) in [6.07, 6.45) is 0. The largest absolute Gasteiger partial charge is 0.496 e. The monoisotopic (exact) mass is 506 g/mol. The number of methoxy groups -OCH3 is 1. The van der Waals surface area contributed by atoms with Gasteiger partial charge in [0.25, 0.3) is 5.91 Å². The lowest BCUT2D eigenvalue weighted by Crippen LogP contribution is -2.40. The van der Waals surface area contributed by atoms with E-state index in [9.17, 15) is 13.2 Å². The molecule has 9 nitrogen and oxygen atoms in total. The molecule has 4 rings (SSSR count). The Hall–Kier alpha value is -2.51. The SMILES string of the molecule is COc1ccc(S(=O)(=O)N2CCOCC2)cc1C(=O)Nc1nnc(SCc2ccccc2)s1. The lowest BCUT2D eigenvalue weighted by molar-refractivity contribution is 0.0730. The van der Waals surface area contributed by atoms with Gasteiger partial charge in [-0.25, -0.2) is 8.42 Å². The average Bonchev–Trinajstić information content (AvgIpc) is 3.30. The number of carbonyl (C=O) groups excluding carboxylic acids is 1. The normalized spacial score (nSPS) is 14.7. The zero-order valence-electron chi connectivity index (χ0n) is 17.8. The molecule has 33 heavy (non-hydrogen) atoms. The van der Waals surface area contributed by atoms with Crippen LogP contribution in [0.25, 0.3) is 0 Å². The zero-order chi connectivity index (χ0) is 23.3. The van der Waals surface area contributed by atoms with E-state index in [0.29, 0.717) is 22.7 Å². The molecule has 0 bridgehead atoms. The molecule has 3 aromatic rings. The minimum absolute atomic E-state index is 0.0201. The van der Waals surface area contributed by atoms with Crippen LogP contribution in [0.4, 0.5) is 5.13 Å². The number of thioether (sulfide) groups is 1. The number of rotatable bonds is 8. The first kappa shape index (κ1) is 23.6. The van der Waals surface area contributed by atoms with E-state index >= 15 is 0 Å². The maximum absolute atomic E-state index is 13.0. The van der Waals surface area contributed by atoms with Crippen molar-refractivity contribution in [2.45, 2.75) is 15.0 Å². The Kier molecular flexibility index (Phi) is 7.60. The van der Waals surface area contributed by atoms with Crippen molar-refractivity contribution < 1.29 is 22.7 Å². The smallest absolute Gasteiger partial charge is 0.261 e. The molecule has 0 unspecified atom stereocenters. The summed E-state index contributed by atoms with van der Waals surface area (Å²) in [7, 11) is -2.33. The first-order valence-electron chi connectivity index (χ1n) is 10.0. The highest BCUT2D eigenvalue weighted by Crippen LogP contribution is 2.30. The number of anilines is 1. The fourth-order valence-electron chi connectivity index (χ4n) is 3.16. The maximum Gasteiger partial charge on any atom is 0.261 e. The van der Waals surface area contributed by atoms with Gasteiger partial charge in [-0.15, -0.1) is 10.2 Å². The van der Waals surface area contributed by atoms with E-state index in [2.05, 4.69) is 15.5 Å². The molecule has 12 heteroatoms. The van der Waals surface area contributed by atoms with Crippen molar-refractivity contribution in [2.24, 2.45) is 0 Å². The molecule has 0 aliphatic carbocycles. The van der Waals surface area contributed by atoms with Crippen LogP contribution in [0.15, 0.2) is 57.8 Å². The number of morpholine rings is 1. The van der Waals surface area contributed by atoms with E-state index in [-0.39, 0.29) is 29.3 Å². The molecule has 0 spiro atoms. The van der Waals surface area contributed by atoms with Crippen LogP contribution in [0.1, 0.15) is 15.9 Å². The summed E-state index contributed by atoms with van der Waals surface area (Å²) in [6.45, 7) is 1.21. The van der Waals surface area contributed by atoms with Crippen LogP contribution >= 0.6 is 23.1 Å². The van der Waals surface area contributed by atoms with Crippen LogP contribution in [-0.4, -0.2) is 62.2 Å². The molecule has 1 N–H and O–H groups in total. The minimum atomic E-state index is -3.76. The molecular formula is C21H22N4O5S3. The minimum Gasteiger partial charge on any atom is -0.496 e. The van der Waals surface area contributed by atoms with Gasteiger partial charge in [-0.1, -0.05) is 53.4 Å². The molecule has 2 heterocycles. The van der Waals surface area contributed by atoms with E-state index in [1.807, 2.05) is 30.3 Å². The molecule has 1 fully saturated rings. The highest BCUT2D eigenvalue weighted by molar-refractivity contribution is 8.00. The van der Waals surface area contributed by atoms with Gasteiger partial charge in [0, 0.05) is 18.8 Å². The third-order valence-corrected chi connectivity index (χ3v) is 8.79. The Morgan fingerprint density at radius 1 is 1.18 bits per heavy atom. The van der Waals surface area contributed by atoms with Gasteiger partial charge >= 0.3 is 0 Å². The Morgan fingerprint density at radius 3 is 2.67 bits per heavy atom. The lowest BCUT2D eigenvalue weighted by Gasteiger charge is -2.26. The third-order valence-electron chi connectivity index (χ3n) is 4.86. The molecule has 1 aromatic heterocycles. The van der Waals surface area contributed by atoms with Crippen molar-refractivity contribution in [3.05, 3.63) is 59.7 Å². The van der Waals surface area contributed by atoms with Gasteiger partial charge in [-0.05, 0) is 23.8 Å². The second-order valence-corrected chi connectivity index (χ2v) is 11.1. The molecule has 0 saturated carbocycles. The van der Waals surface area contributed by atoms with E-state index in [4.69, 9.17) is 9.47 Å². The number of benzene rings is 2. The quantitative estimate of drug-likeness (QED) is 0.367. The third kappa shape index (κ3) is 5.71. The predicted octanol–water partition coefficient (Wildman–Crippen LogP) is 3.11. The van der Waals surface area contributed by atoms with Crippen molar-refractivity contribution in [3.8, 4) is 5.75 Å². The summed E-state index contributed by atoms with van der Waals surface area (Å²) >= 11 is 2.77. The van der Waals surface area contributed by atoms with Crippen LogP contribution in [0.5, 0.6) is 5.75 Å². The highest BCUT2D eigenvalue weighted by atomic mass is 32.2. The standard InChI is InChI=1S/C21H22N4O5S3/c1-29-18-8-7-16(33(27,28)25-9-11-30-12-10-25)13-17(18)19(26)22-20-23-24-21(32-20)31-14-15-5-3-2-4-6-15/h2-8,13H,9-12,14H2,1H3,(H,22,23,26). The van der Waals surface area contributed by atoms with Crippen molar-refractivity contribution in [2.75, 3.05) is 38.7 Å². The summed E-state index contributed by atoms with van der Waals surface area (Å²) < 4.78 is 38.6. The first-order chi connectivity index (χ1) is 16.0. The fraction of sp³-hybridized carbons (Fsp3) is 0.286. The van der Waals surface area contributed by atoms with Gasteiger partial charge in [0.05, 0.1) is 30.8 Å². The number of hydrogen-bond donors (Lipinski definition) is 1. The van der Waals surface area contributed by atoms with Crippen LogP contribution in [0.3, 0.4) is 0 Å². The summed E-state index contributed by atoms with van der Waals surface area (Å²) in [4.78, 5) is 13.0. The Balaban J connectivity index is 1.48. The Morgan fingerprint density at radius 2 is 1.94 bits per heavy atom. The Bertz CT molecular complexity index is 1210. The topological polar surface area (TPSA) is 111 Å². The highest BCUT2D eigenvalue weighted by Gasteiger charge is 2.28. The first-order valence-corrected chi connectivity index (χ1v) is 13.3. The number of carbonyl (C=O) groups is 1. The lowest BCUT2D eigenvalue weighted by atomic mass is 10.2. The summed E-state index contributed by atoms with van der Waals surface area (Å²) in [6, 6.07) is 14.2. The Labute approximate surface area is 200 Å². The molecule has 0 radical (unpaired) electrons. The van der Waals surface area contributed by atoms with Crippen molar-refractivity contribution in [1.29, 1.82) is 0 Å². The van der Waals surface area contributed by atoms with Gasteiger partial charge in [-0.2, -0.15) is 4.31 Å². The van der Waals surface area contributed by atoms with E-state index in [0.717, 1.165) is 11.3 Å². The number of nitrogens with one attached hydrogen (secondary N) is 1. The fourth-order valence-corrected chi connectivity index (χ4v) is 6.30. The molecule has 174 valence electrons. The van der Waals surface area contributed by atoms with Crippen molar-refractivity contribution >= 4 is 44.2 Å². The van der Waals surface area contributed by atoms with Crippen molar-refractivity contribution in [1.82, 2.24) is 14.5 Å². The molecule has 1 aliphatic heterocycles. The van der Waals surface area contributed by atoms with E-state index in [1.54, 1.807) is 0 Å². The molecule has 1 saturated heterocycles. The van der Waals surface area contributed by atoms with Crippen LogP contribution < -0.4 is 10.1 Å². The number of aromatic nitrogens is 2.